The van der Waals surface area contributed by atoms with E-state index in [2.05, 4.69) is 24.4 Å². The second-order valence-electron chi connectivity index (χ2n) is 5.64. The minimum atomic E-state index is -1.13. The normalized spacial score (nSPS) is 11.2. The lowest BCUT2D eigenvalue weighted by Gasteiger charge is -2.07. The third-order valence-corrected chi connectivity index (χ3v) is 3.87. The third-order valence-electron chi connectivity index (χ3n) is 3.63. The fourth-order valence-electron chi connectivity index (χ4n) is 2.30. The summed E-state index contributed by atoms with van der Waals surface area (Å²) < 4.78 is 0. The van der Waals surface area contributed by atoms with E-state index in [9.17, 15) is 9.59 Å². The number of carboxylic acid groups (broad SMARTS) is 1. The smallest absolute Gasteiger partial charge is 0.337 e. The van der Waals surface area contributed by atoms with Gasteiger partial charge in [-0.15, -0.1) is 0 Å². The molecule has 0 aliphatic rings. The minimum absolute atomic E-state index is 0.0133. The van der Waals surface area contributed by atoms with Crippen LogP contribution in [0.3, 0.4) is 0 Å². The molecular weight excluding hydrogens is 350 g/mol. The molecule has 2 N–H and O–H groups in total. The van der Waals surface area contributed by atoms with Crippen molar-refractivity contribution in [2.24, 2.45) is 0 Å². The molecule has 0 fully saturated rings. The van der Waals surface area contributed by atoms with Crippen LogP contribution in [0, 0.1) is 0 Å². The molecular formula is C21H20ClNO3. The van der Waals surface area contributed by atoms with Gasteiger partial charge in [0.15, 0.2) is 0 Å². The topological polar surface area (TPSA) is 66.4 Å². The van der Waals surface area contributed by atoms with Crippen molar-refractivity contribution in [3.63, 3.8) is 0 Å². The van der Waals surface area contributed by atoms with Crippen LogP contribution >= 0.6 is 11.6 Å². The summed E-state index contributed by atoms with van der Waals surface area (Å²) in [6.07, 6.45) is 9.18. The van der Waals surface area contributed by atoms with Gasteiger partial charge in [-0.05, 0) is 48.2 Å². The van der Waals surface area contributed by atoms with Gasteiger partial charge in [-0.25, -0.2) is 4.79 Å². The number of hydrogen-bond acceptors (Lipinski definition) is 2. The van der Waals surface area contributed by atoms with E-state index < -0.39 is 11.9 Å². The summed E-state index contributed by atoms with van der Waals surface area (Å²) in [7, 11) is 0. The van der Waals surface area contributed by atoms with Crippen molar-refractivity contribution < 1.29 is 14.7 Å². The van der Waals surface area contributed by atoms with Crippen LogP contribution in [0.5, 0.6) is 0 Å². The summed E-state index contributed by atoms with van der Waals surface area (Å²) >= 11 is 5.87. The van der Waals surface area contributed by atoms with E-state index in [0.717, 1.165) is 18.4 Å². The zero-order chi connectivity index (χ0) is 18.9. The molecule has 0 aliphatic carbocycles. The van der Waals surface area contributed by atoms with Gasteiger partial charge in [0.25, 0.3) is 0 Å². The Hall–Kier alpha value is -2.85. The number of halogens is 1. The van der Waals surface area contributed by atoms with Gasteiger partial charge in [-0.3, -0.25) is 4.79 Å². The molecule has 0 aromatic heterocycles. The maximum absolute atomic E-state index is 12.1. The predicted octanol–water partition coefficient (Wildman–Crippen LogP) is 5.20. The van der Waals surface area contributed by atoms with Crippen molar-refractivity contribution in [1.82, 2.24) is 0 Å². The fourth-order valence-corrected chi connectivity index (χ4v) is 2.48. The number of hydrogen-bond donors (Lipinski definition) is 2. The molecule has 26 heavy (non-hydrogen) atoms. The largest absolute Gasteiger partial charge is 0.478 e. The molecule has 0 aliphatic heterocycles. The van der Waals surface area contributed by atoms with Crippen molar-refractivity contribution in [3.8, 4) is 0 Å². The molecule has 2 aromatic rings. The molecule has 1 amide bonds. The number of rotatable bonds is 7. The Labute approximate surface area is 157 Å². The molecule has 0 unspecified atom stereocenters. The molecule has 4 nitrogen and oxygen atoms in total. The minimum Gasteiger partial charge on any atom is -0.478 e. The molecule has 0 spiro atoms. The van der Waals surface area contributed by atoms with Gasteiger partial charge >= 0.3 is 5.97 Å². The summed E-state index contributed by atoms with van der Waals surface area (Å²) in [4.78, 5) is 23.3. The summed E-state index contributed by atoms with van der Waals surface area (Å²) in [6.45, 7) is 2.10. The van der Waals surface area contributed by atoms with E-state index in [1.54, 1.807) is 6.08 Å². The maximum Gasteiger partial charge on any atom is 0.337 e. The maximum atomic E-state index is 12.1. The SMILES string of the molecule is CC/C=C/Cc1ccc(/C=C/C(=O)Nc2cc(Cl)ccc2C(=O)O)cc1. The lowest BCUT2D eigenvalue weighted by Crippen LogP contribution is -2.12. The fraction of sp³-hybridized carbons (Fsp3) is 0.143. The molecule has 2 rings (SSSR count). The Morgan fingerprint density at radius 1 is 1.12 bits per heavy atom. The van der Waals surface area contributed by atoms with Crippen molar-refractivity contribution in [3.05, 3.63) is 82.4 Å². The number of carbonyl (C=O) groups excluding carboxylic acids is 1. The average Bonchev–Trinajstić information content (AvgIpc) is 2.61. The molecule has 0 saturated heterocycles. The first kappa shape index (κ1) is 19.5. The second-order valence-corrected chi connectivity index (χ2v) is 6.08. The van der Waals surface area contributed by atoms with Gasteiger partial charge in [-0.1, -0.05) is 54.9 Å². The Bertz CT molecular complexity index is 839. The zero-order valence-corrected chi connectivity index (χ0v) is 15.2. The van der Waals surface area contributed by atoms with E-state index in [0.29, 0.717) is 5.02 Å². The molecule has 5 heteroatoms. The molecule has 0 atom stereocenters. The molecule has 0 bridgehead atoms. The van der Waals surface area contributed by atoms with Crippen LogP contribution in [-0.4, -0.2) is 17.0 Å². The summed E-state index contributed by atoms with van der Waals surface area (Å²) in [5, 5.41) is 12.1. The zero-order valence-electron chi connectivity index (χ0n) is 14.4. The number of carboxylic acids is 1. The van der Waals surface area contributed by atoms with Crippen LogP contribution in [0.2, 0.25) is 5.02 Å². The number of anilines is 1. The lowest BCUT2D eigenvalue weighted by molar-refractivity contribution is -0.111. The van der Waals surface area contributed by atoms with Gasteiger partial charge in [0.05, 0.1) is 11.3 Å². The van der Waals surface area contributed by atoms with Gasteiger partial charge < -0.3 is 10.4 Å². The highest BCUT2D eigenvalue weighted by molar-refractivity contribution is 6.31. The quantitative estimate of drug-likeness (QED) is 0.520. The van der Waals surface area contributed by atoms with Crippen LogP contribution in [0.15, 0.2) is 60.7 Å². The van der Waals surface area contributed by atoms with E-state index in [1.165, 1.54) is 29.8 Å². The first-order valence-corrected chi connectivity index (χ1v) is 8.63. The number of benzene rings is 2. The standard InChI is InChI=1S/C21H20ClNO3/c1-2-3-4-5-15-6-8-16(9-7-15)10-13-20(24)23-19-14-17(22)11-12-18(19)21(25)26/h3-4,6-14H,2,5H2,1H3,(H,23,24)(H,25,26)/b4-3+,13-10+. The highest BCUT2D eigenvalue weighted by atomic mass is 35.5. The number of allylic oxidation sites excluding steroid dienone is 2. The van der Waals surface area contributed by atoms with Crippen molar-refractivity contribution in [1.29, 1.82) is 0 Å². The number of carbonyl (C=O) groups is 2. The first-order chi connectivity index (χ1) is 12.5. The van der Waals surface area contributed by atoms with Crippen LogP contribution in [0.25, 0.3) is 6.08 Å². The molecule has 0 heterocycles. The van der Waals surface area contributed by atoms with Crippen LogP contribution in [-0.2, 0) is 11.2 Å². The Morgan fingerprint density at radius 3 is 2.50 bits per heavy atom. The van der Waals surface area contributed by atoms with Gasteiger partial charge in [0.1, 0.15) is 0 Å². The van der Waals surface area contributed by atoms with Gasteiger partial charge in [-0.2, -0.15) is 0 Å². The second kappa shape index (κ2) is 9.59. The third kappa shape index (κ3) is 5.90. The van der Waals surface area contributed by atoms with Crippen molar-refractivity contribution in [2.75, 3.05) is 5.32 Å². The lowest BCUT2D eigenvalue weighted by atomic mass is 10.1. The van der Waals surface area contributed by atoms with Gasteiger partial charge in [0.2, 0.25) is 5.91 Å². The Kier molecular flexibility index (Phi) is 7.18. The van der Waals surface area contributed by atoms with Gasteiger partial charge in [0, 0.05) is 11.1 Å². The summed E-state index contributed by atoms with van der Waals surface area (Å²) in [5.41, 5.74) is 2.23. The van der Waals surface area contributed by atoms with Crippen LogP contribution < -0.4 is 5.32 Å². The van der Waals surface area contributed by atoms with Crippen molar-refractivity contribution in [2.45, 2.75) is 19.8 Å². The monoisotopic (exact) mass is 369 g/mol. The van der Waals surface area contributed by atoms with E-state index in [-0.39, 0.29) is 11.3 Å². The van der Waals surface area contributed by atoms with E-state index in [1.807, 2.05) is 24.3 Å². The number of nitrogens with one attached hydrogen (secondary N) is 1. The summed E-state index contributed by atoms with van der Waals surface area (Å²) in [6, 6.07) is 12.1. The van der Waals surface area contributed by atoms with E-state index in [4.69, 9.17) is 16.7 Å². The Balaban J connectivity index is 2.02. The van der Waals surface area contributed by atoms with Crippen LogP contribution in [0.4, 0.5) is 5.69 Å². The van der Waals surface area contributed by atoms with E-state index >= 15 is 0 Å². The van der Waals surface area contributed by atoms with Crippen LogP contribution in [0.1, 0.15) is 34.8 Å². The molecule has 0 saturated carbocycles. The first-order valence-electron chi connectivity index (χ1n) is 8.25. The van der Waals surface area contributed by atoms with Crippen molar-refractivity contribution >= 4 is 35.2 Å². The average molecular weight is 370 g/mol. The molecule has 2 aromatic carbocycles. The molecule has 134 valence electrons. The molecule has 0 radical (unpaired) electrons. The number of aromatic carboxylic acids is 1. The predicted molar refractivity (Wildman–Crippen MR) is 106 cm³/mol. The highest BCUT2D eigenvalue weighted by Crippen LogP contribution is 2.21. The Morgan fingerprint density at radius 2 is 1.85 bits per heavy atom. The highest BCUT2D eigenvalue weighted by Gasteiger charge is 2.11. The number of amides is 1. The summed E-state index contributed by atoms with van der Waals surface area (Å²) in [5.74, 6) is -1.56.